The van der Waals surface area contributed by atoms with Crippen LogP contribution >= 0.6 is 11.6 Å². The number of nitrogens with zero attached hydrogens (tertiary/aromatic N) is 3. The van der Waals surface area contributed by atoms with Gasteiger partial charge in [0.25, 0.3) is 11.8 Å². The number of benzene rings is 2. The van der Waals surface area contributed by atoms with Crippen LogP contribution in [0.4, 0.5) is 0 Å². The highest BCUT2D eigenvalue weighted by atomic mass is 35.5. The highest BCUT2D eigenvalue weighted by molar-refractivity contribution is 6.31. The van der Waals surface area contributed by atoms with Crippen molar-refractivity contribution in [2.24, 2.45) is 40.6 Å². The van der Waals surface area contributed by atoms with E-state index in [0.29, 0.717) is 18.4 Å². The Morgan fingerprint density at radius 1 is 0.939 bits per heavy atom. The maximum Gasteiger partial charge on any atom is 0.254 e. The number of carbonyl (C=O) groups excluding carboxylic acids is 2. The monoisotopic (exact) mass is 455 g/mol. The van der Waals surface area contributed by atoms with Crippen molar-refractivity contribution < 1.29 is 9.59 Å². The number of carbonyl (C=O) groups is 2. The molecule has 0 N–H and O–H groups in total. The van der Waals surface area contributed by atoms with Crippen LogP contribution in [0.2, 0.25) is 5.02 Å². The van der Waals surface area contributed by atoms with Crippen LogP contribution in [0.3, 0.4) is 0 Å². The molecule has 6 atom stereocenters. The van der Waals surface area contributed by atoms with Crippen LogP contribution in [-0.2, 0) is 16.1 Å². The highest BCUT2D eigenvalue weighted by Crippen LogP contribution is 2.65. The molecule has 6 unspecified atom stereocenters. The van der Waals surface area contributed by atoms with E-state index in [4.69, 9.17) is 11.6 Å². The lowest BCUT2D eigenvalue weighted by atomic mass is 9.63. The fraction of sp³-hybridized carbons (Fsp3) is 0.296. The summed E-state index contributed by atoms with van der Waals surface area (Å²) in [6.07, 6.45) is 9.19. The second-order valence-electron chi connectivity index (χ2n) is 9.71. The van der Waals surface area contributed by atoms with Gasteiger partial charge >= 0.3 is 0 Å². The molecule has 3 fully saturated rings. The van der Waals surface area contributed by atoms with Crippen molar-refractivity contribution in [2.45, 2.75) is 13.0 Å². The molecule has 0 radical (unpaired) electrons. The average molecular weight is 456 g/mol. The first-order chi connectivity index (χ1) is 16.1. The van der Waals surface area contributed by atoms with E-state index in [1.54, 1.807) is 6.21 Å². The van der Waals surface area contributed by atoms with E-state index in [9.17, 15) is 9.59 Å². The molecule has 2 amide bonds. The summed E-state index contributed by atoms with van der Waals surface area (Å²) < 4.78 is 2.13. The van der Waals surface area contributed by atoms with Gasteiger partial charge in [-0.25, -0.2) is 0 Å². The molecule has 1 saturated heterocycles. The van der Waals surface area contributed by atoms with Gasteiger partial charge in [0.15, 0.2) is 0 Å². The van der Waals surface area contributed by atoms with Crippen LogP contribution in [-0.4, -0.2) is 27.6 Å². The van der Waals surface area contributed by atoms with Gasteiger partial charge in [-0.15, -0.1) is 0 Å². The second kappa shape index (κ2) is 6.91. The summed E-state index contributed by atoms with van der Waals surface area (Å²) in [4.78, 5) is 26.4. The van der Waals surface area contributed by atoms with E-state index in [1.807, 2.05) is 48.7 Å². The molecule has 5 nitrogen and oxygen atoms in total. The summed E-state index contributed by atoms with van der Waals surface area (Å²) in [6, 6.07) is 15.9. The lowest BCUT2D eigenvalue weighted by molar-refractivity contribution is -0.140. The molecule has 8 rings (SSSR count). The summed E-state index contributed by atoms with van der Waals surface area (Å²) >= 11 is 6.39. The van der Waals surface area contributed by atoms with Crippen LogP contribution in [0.15, 0.2) is 72.0 Å². The third kappa shape index (κ3) is 2.75. The molecular weight excluding hydrogens is 434 g/mol. The van der Waals surface area contributed by atoms with Crippen LogP contribution in [0.5, 0.6) is 0 Å². The zero-order valence-corrected chi connectivity index (χ0v) is 18.6. The third-order valence-corrected chi connectivity index (χ3v) is 8.44. The molecular formula is C27H22ClN3O2. The van der Waals surface area contributed by atoms with Gasteiger partial charge in [-0.2, -0.15) is 10.1 Å². The first kappa shape index (κ1) is 19.3. The van der Waals surface area contributed by atoms with E-state index < -0.39 is 0 Å². The molecule has 2 heterocycles. The van der Waals surface area contributed by atoms with Crippen molar-refractivity contribution in [2.75, 3.05) is 0 Å². The zero-order chi connectivity index (χ0) is 22.3. The van der Waals surface area contributed by atoms with Gasteiger partial charge < -0.3 is 4.57 Å². The smallest absolute Gasteiger partial charge is 0.254 e. The first-order valence-corrected chi connectivity index (χ1v) is 11.9. The number of para-hydroxylation sites is 1. The van der Waals surface area contributed by atoms with Gasteiger partial charge in [-0.3, -0.25) is 9.59 Å². The van der Waals surface area contributed by atoms with Crippen molar-refractivity contribution in [1.82, 2.24) is 9.58 Å². The molecule has 2 aromatic carbocycles. The number of rotatable bonds is 4. The quantitative estimate of drug-likeness (QED) is 0.324. The normalized spacial score (nSPS) is 31.6. The summed E-state index contributed by atoms with van der Waals surface area (Å²) in [7, 11) is 0. The van der Waals surface area contributed by atoms with Gasteiger partial charge in [0.2, 0.25) is 0 Å². The Kier molecular flexibility index (Phi) is 4.04. The molecule has 6 heteroatoms. The fourth-order valence-electron chi connectivity index (χ4n) is 6.49. The molecule has 4 aliphatic carbocycles. The van der Waals surface area contributed by atoms with Crippen molar-refractivity contribution in [3.63, 3.8) is 0 Å². The topological polar surface area (TPSA) is 54.7 Å². The van der Waals surface area contributed by atoms with Crippen molar-refractivity contribution in [3.8, 4) is 0 Å². The molecule has 164 valence electrons. The van der Waals surface area contributed by atoms with Gasteiger partial charge in [-0.1, -0.05) is 60.2 Å². The number of amides is 2. The fourth-order valence-corrected chi connectivity index (χ4v) is 6.69. The number of fused-ring (bicyclic) bond motifs is 1. The number of halogens is 1. The van der Waals surface area contributed by atoms with E-state index in [0.717, 1.165) is 38.5 Å². The minimum Gasteiger partial charge on any atom is -0.342 e. The molecule has 2 saturated carbocycles. The Bertz CT molecular complexity index is 1350. The number of aromatic nitrogens is 1. The summed E-state index contributed by atoms with van der Waals surface area (Å²) in [6.45, 7) is 0.623. The maximum absolute atomic E-state index is 13.2. The minimum atomic E-state index is -0.227. The summed E-state index contributed by atoms with van der Waals surface area (Å²) in [5, 5.41) is 7.34. The number of imide groups is 1. The molecule has 33 heavy (non-hydrogen) atoms. The molecule has 0 spiro atoms. The predicted molar refractivity (Wildman–Crippen MR) is 127 cm³/mol. The molecule has 1 aliphatic heterocycles. The lowest BCUT2D eigenvalue weighted by Gasteiger charge is -2.37. The lowest BCUT2D eigenvalue weighted by Crippen LogP contribution is -2.40. The van der Waals surface area contributed by atoms with Crippen LogP contribution < -0.4 is 0 Å². The third-order valence-electron chi connectivity index (χ3n) is 8.07. The summed E-state index contributed by atoms with van der Waals surface area (Å²) in [5.41, 5.74) is 2.95. The van der Waals surface area contributed by atoms with E-state index in [-0.39, 0.29) is 35.5 Å². The van der Waals surface area contributed by atoms with E-state index in [1.165, 1.54) is 0 Å². The summed E-state index contributed by atoms with van der Waals surface area (Å²) in [5.74, 6) is 0.870. The number of hydrogen-bond donors (Lipinski definition) is 0. The number of hydrogen-bond acceptors (Lipinski definition) is 3. The number of hydrazone groups is 1. The van der Waals surface area contributed by atoms with Crippen LogP contribution in [0.1, 0.15) is 17.5 Å². The maximum atomic E-state index is 13.2. The highest BCUT2D eigenvalue weighted by Gasteiger charge is 2.67. The van der Waals surface area contributed by atoms with Crippen LogP contribution in [0, 0.1) is 35.5 Å². The number of allylic oxidation sites excluding steroid dienone is 2. The van der Waals surface area contributed by atoms with Gasteiger partial charge in [0.1, 0.15) is 0 Å². The molecule has 2 bridgehead atoms. The molecule has 1 aromatic heterocycles. The zero-order valence-electron chi connectivity index (χ0n) is 17.8. The Morgan fingerprint density at radius 2 is 1.61 bits per heavy atom. The average Bonchev–Trinajstić information content (AvgIpc) is 3.54. The van der Waals surface area contributed by atoms with Crippen LogP contribution in [0.25, 0.3) is 10.9 Å². The Morgan fingerprint density at radius 3 is 2.33 bits per heavy atom. The first-order valence-electron chi connectivity index (χ1n) is 11.5. The SMILES string of the molecule is O=C1C2C3C=CC(C4CC34)C2C(=O)N1N=Cc1cn(Cc2ccccc2Cl)c2ccccc12. The van der Waals surface area contributed by atoms with Gasteiger partial charge in [-0.05, 0) is 47.8 Å². The standard InChI is InChI=1S/C27H22ClN3O2/c28-22-7-3-1-5-15(22)13-30-14-16(17-6-2-4-8-23(17)30)12-29-31-26(32)24-18-9-10-19(21-11-20(18)21)25(24)27(31)33/h1-10,12,14,18-21,24-25H,11,13H2. The molecule has 5 aliphatic rings. The van der Waals surface area contributed by atoms with Crippen molar-refractivity contribution in [3.05, 3.63) is 83.0 Å². The Hall–Kier alpha value is -3.18. The van der Waals surface area contributed by atoms with Crippen molar-refractivity contribution in [1.29, 1.82) is 0 Å². The Balaban J connectivity index is 1.22. The van der Waals surface area contributed by atoms with Gasteiger partial charge in [0, 0.05) is 34.2 Å². The largest absolute Gasteiger partial charge is 0.342 e. The second-order valence-corrected chi connectivity index (χ2v) is 10.1. The van der Waals surface area contributed by atoms with E-state index in [2.05, 4.69) is 27.9 Å². The Labute approximate surface area is 196 Å². The van der Waals surface area contributed by atoms with Gasteiger partial charge in [0.05, 0.1) is 18.1 Å². The minimum absolute atomic E-state index is 0.134. The van der Waals surface area contributed by atoms with E-state index >= 15 is 0 Å². The predicted octanol–water partition coefficient (Wildman–Crippen LogP) is 4.73. The van der Waals surface area contributed by atoms with Crippen molar-refractivity contribution >= 4 is 40.5 Å². The molecule has 3 aromatic rings.